The minimum Gasteiger partial charge on any atom is -0.738 e. The van der Waals surface area contributed by atoms with Gasteiger partial charge in [0.25, 0.3) is 0 Å². The monoisotopic (exact) mass is 184 g/mol. The van der Waals surface area contributed by atoms with Gasteiger partial charge in [-0.25, -0.2) is 0 Å². The summed E-state index contributed by atoms with van der Waals surface area (Å²) in [4.78, 5) is 4.23. The zero-order valence-electron chi connectivity index (χ0n) is 7.86. The van der Waals surface area contributed by atoms with Gasteiger partial charge in [0.15, 0.2) is 0 Å². The minimum absolute atomic E-state index is 0.0203. The molecule has 4 nitrogen and oxygen atoms in total. The molecule has 0 unspecified atom stereocenters. The molecule has 0 aliphatic carbocycles. The lowest BCUT2D eigenvalue weighted by Gasteiger charge is -2.17. The van der Waals surface area contributed by atoms with Crippen LogP contribution in [0.25, 0.3) is 0 Å². The maximum Gasteiger partial charge on any atom is 0.0945 e. The highest BCUT2D eigenvalue weighted by molar-refractivity contribution is 5.24. The summed E-state index contributed by atoms with van der Waals surface area (Å²) in [5.41, 5.74) is 1.69. The number of rotatable bonds is 5. The summed E-state index contributed by atoms with van der Waals surface area (Å²) >= 11 is 0. The van der Waals surface area contributed by atoms with Crippen LogP contribution in [-0.4, -0.2) is 17.2 Å². The highest BCUT2D eigenvalue weighted by Crippen LogP contribution is 2.00. The van der Waals surface area contributed by atoms with E-state index in [9.17, 15) is 5.21 Å². The van der Waals surface area contributed by atoms with Crippen LogP contribution in [0.15, 0.2) is 36.0 Å². The summed E-state index contributed by atoms with van der Waals surface area (Å²) in [6.07, 6.45) is 5.51. The first-order valence-corrected chi connectivity index (χ1v) is 3.84. The Morgan fingerprint density at radius 3 is 2.69 bits per heavy atom. The zero-order chi connectivity index (χ0) is 10.3. The van der Waals surface area contributed by atoms with Crippen molar-refractivity contribution in [1.82, 2.24) is 5.39 Å². The van der Waals surface area contributed by atoms with Gasteiger partial charge in [0.05, 0.1) is 6.61 Å². The lowest BCUT2D eigenvalue weighted by Crippen LogP contribution is -2.12. The molecule has 0 bridgehead atoms. The molecule has 0 aliphatic rings. The molecule has 4 heteroatoms. The Kier molecular flexibility index (Phi) is 6.09. The third-order valence-corrected chi connectivity index (χ3v) is 1.40. The van der Waals surface area contributed by atoms with Crippen molar-refractivity contribution in [3.05, 3.63) is 41.2 Å². The Morgan fingerprint density at radius 1 is 1.62 bits per heavy atom. The van der Waals surface area contributed by atoms with Crippen molar-refractivity contribution in [3.63, 3.8) is 0 Å². The van der Waals surface area contributed by atoms with Crippen molar-refractivity contribution in [2.45, 2.75) is 13.8 Å². The molecule has 0 amide bonds. The summed E-state index contributed by atoms with van der Waals surface area (Å²) < 4.78 is 0. The van der Waals surface area contributed by atoms with Gasteiger partial charge in [-0.05, 0) is 19.4 Å². The molecule has 0 aliphatic heterocycles. The van der Waals surface area contributed by atoms with Gasteiger partial charge in [-0.15, -0.1) is 5.39 Å². The predicted molar refractivity (Wildman–Crippen MR) is 50.7 cm³/mol. The molecule has 0 aromatic heterocycles. The van der Waals surface area contributed by atoms with E-state index in [0.29, 0.717) is 5.57 Å². The average molecular weight is 184 g/mol. The largest absolute Gasteiger partial charge is 0.738 e. The first kappa shape index (κ1) is 12.1. The summed E-state index contributed by atoms with van der Waals surface area (Å²) in [6.45, 7) is 7.46. The van der Waals surface area contributed by atoms with Crippen LogP contribution >= 0.6 is 0 Å². The normalized spacial score (nSPS) is 12.8. The smallest absolute Gasteiger partial charge is 0.0945 e. The fraction of sp³-hybridized carbons (Fsp3) is 0.333. The van der Waals surface area contributed by atoms with Crippen molar-refractivity contribution < 1.29 is 10.0 Å². The first-order chi connectivity index (χ1) is 6.06. The maximum absolute atomic E-state index is 9.92. The fourth-order valence-electron chi connectivity index (χ4n) is 0.532. The fourth-order valence-corrected chi connectivity index (χ4v) is 0.532. The second-order valence-corrected chi connectivity index (χ2v) is 2.54. The second-order valence-electron chi connectivity index (χ2n) is 2.54. The van der Waals surface area contributed by atoms with Crippen LogP contribution in [0.5, 0.6) is 0 Å². The molecule has 0 atom stereocenters. The number of hydrogen-bond acceptors (Lipinski definition) is 4. The standard InChI is InChI=1S/C9H14NO3/c1-4-8(2)5-6-9(3)7-13-10(11)12/h4-6,11H,3,7H2,1-2H3/q-1/b6-5-,8-4-. The van der Waals surface area contributed by atoms with Crippen LogP contribution < -0.4 is 0 Å². The minimum atomic E-state index is -0.582. The van der Waals surface area contributed by atoms with Gasteiger partial charge in [0.2, 0.25) is 0 Å². The van der Waals surface area contributed by atoms with E-state index < -0.39 is 5.39 Å². The lowest BCUT2D eigenvalue weighted by molar-refractivity contribution is -0.300. The van der Waals surface area contributed by atoms with Crippen LogP contribution in [0.4, 0.5) is 0 Å². The molecule has 0 radical (unpaired) electrons. The van der Waals surface area contributed by atoms with Gasteiger partial charge >= 0.3 is 0 Å². The Balaban J connectivity index is 3.81. The van der Waals surface area contributed by atoms with Crippen LogP contribution in [-0.2, 0) is 4.84 Å². The molecule has 1 N–H and O–H groups in total. The summed E-state index contributed by atoms with van der Waals surface area (Å²) in [5, 5.41) is 17.4. The third kappa shape index (κ3) is 7.42. The Bertz CT molecular complexity index is 219. The molecular weight excluding hydrogens is 170 g/mol. The Hall–Kier alpha value is -0.940. The maximum atomic E-state index is 9.92. The lowest BCUT2D eigenvalue weighted by atomic mass is 10.2. The van der Waals surface area contributed by atoms with E-state index in [2.05, 4.69) is 11.4 Å². The van der Waals surface area contributed by atoms with E-state index in [4.69, 9.17) is 5.21 Å². The SMILES string of the molecule is C=C(/C=C\C(C)=C/C)CON([O-])O. The molecule has 0 spiro atoms. The van der Waals surface area contributed by atoms with Crippen LogP contribution in [0.2, 0.25) is 0 Å². The Labute approximate surface area is 77.9 Å². The highest BCUT2D eigenvalue weighted by Gasteiger charge is 1.89. The second kappa shape index (κ2) is 6.56. The summed E-state index contributed by atoms with van der Waals surface area (Å²) in [7, 11) is 0. The topological polar surface area (TPSA) is 55.8 Å². The summed E-state index contributed by atoms with van der Waals surface area (Å²) in [6, 6.07) is 0. The van der Waals surface area contributed by atoms with Gasteiger partial charge < -0.3 is 10.4 Å². The number of allylic oxidation sites excluding steroid dienone is 3. The quantitative estimate of drug-likeness (QED) is 0.525. The molecular formula is C9H14NO3-. The van der Waals surface area contributed by atoms with E-state index in [-0.39, 0.29) is 6.61 Å². The van der Waals surface area contributed by atoms with Gasteiger partial charge in [-0.1, -0.05) is 30.4 Å². The van der Waals surface area contributed by atoms with E-state index in [1.165, 1.54) is 0 Å². The van der Waals surface area contributed by atoms with E-state index in [0.717, 1.165) is 5.57 Å². The third-order valence-electron chi connectivity index (χ3n) is 1.40. The van der Waals surface area contributed by atoms with E-state index >= 15 is 0 Å². The van der Waals surface area contributed by atoms with Gasteiger partial charge in [-0.3, -0.25) is 4.84 Å². The molecule has 0 aromatic carbocycles. The van der Waals surface area contributed by atoms with Crippen LogP contribution in [0.3, 0.4) is 0 Å². The molecule has 0 aromatic rings. The molecule has 13 heavy (non-hydrogen) atoms. The molecule has 0 rings (SSSR count). The molecule has 0 fully saturated rings. The van der Waals surface area contributed by atoms with Gasteiger partial charge in [-0.2, -0.15) is 0 Å². The molecule has 0 saturated heterocycles. The van der Waals surface area contributed by atoms with E-state index in [1.54, 1.807) is 6.08 Å². The zero-order valence-corrected chi connectivity index (χ0v) is 7.86. The molecule has 74 valence electrons. The predicted octanol–water partition coefficient (Wildman–Crippen LogP) is 2.19. The van der Waals surface area contributed by atoms with Gasteiger partial charge in [0, 0.05) is 0 Å². The van der Waals surface area contributed by atoms with Crippen molar-refractivity contribution in [2.24, 2.45) is 0 Å². The molecule has 0 heterocycles. The Morgan fingerprint density at radius 2 is 2.23 bits per heavy atom. The van der Waals surface area contributed by atoms with Crippen LogP contribution in [0.1, 0.15) is 13.8 Å². The summed E-state index contributed by atoms with van der Waals surface area (Å²) in [5.74, 6) is 0. The van der Waals surface area contributed by atoms with Crippen molar-refractivity contribution >= 4 is 0 Å². The van der Waals surface area contributed by atoms with Crippen molar-refractivity contribution in [1.29, 1.82) is 0 Å². The van der Waals surface area contributed by atoms with Crippen LogP contribution in [0, 0.1) is 5.21 Å². The number of hydrogen-bond donors (Lipinski definition) is 1. The van der Waals surface area contributed by atoms with Gasteiger partial charge in [0.1, 0.15) is 0 Å². The first-order valence-electron chi connectivity index (χ1n) is 3.84. The number of nitrogens with zero attached hydrogens (tertiary/aromatic N) is 1. The molecule has 0 saturated carbocycles. The average Bonchev–Trinajstić information content (AvgIpc) is 2.10. The highest BCUT2D eigenvalue weighted by atomic mass is 17.1. The van der Waals surface area contributed by atoms with Crippen molar-refractivity contribution in [2.75, 3.05) is 6.61 Å². The van der Waals surface area contributed by atoms with E-state index in [1.807, 2.05) is 26.0 Å². The van der Waals surface area contributed by atoms with Crippen molar-refractivity contribution in [3.8, 4) is 0 Å².